The van der Waals surface area contributed by atoms with Crippen molar-refractivity contribution in [1.29, 1.82) is 0 Å². The van der Waals surface area contributed by atoms with E-state index in [1.807, 2.05) is 11.4 Å². The first-order chi connectivity index (χ1) is 8.08. The molecule has 0 aliphatic carbocycles. The van der Waals surface area contributed by atoms with Crippen molar-refractivity contribution in [3.8, 4) is 0 Å². The molecule has 1 heterocycles. The maximum absolute atomic E-state index is 12.9. The highest BCUT2D eigenvalue weighted by molar-refractivity contribution is 9.10. The van der Waals surface area contributed by atoms with Gasteiger partial charge in [0, 0.05) is 20.4 Å². The second-order valence-electron chi connectivity index (χ2n) is 3.68. The van der Waals surface area contributed by atoms with Gasteiger partial charge in [-0.1, -0.05) is 17.7 Å². The Bertz CT molecular complexity index is 529. The summed E-state index contributed by atoms with van der Waals surface area (Å²) in [6.07, 6.45) is 0.595. The van der Waals surface area contributed by atoms with Gasteiger partial charge in [-0.3, -0.25) is 0 Å². The first kappa shape index (κ1) is 13.0. The third-order valence-electron chi connectivity index (χ3n) is 2.44. The Labute approximate surface area is 117 Å². The Hall–Kier alpha value is -0.420. The van der Waals surface area contributed by atoms with Crippen molar-refractivity contribution < 1.29 is 4.39 Å². The second-order valence-corrected chi connectivity index (χ2v) is 5.89. The minimum absolute atomic E-state index is 0.132. The Morgan fingerprint density at radius 1 is 1.41 bits per heavy atom. The van der Waals surface area contributed by atoms with Gasteiger partial charge in [0.1, 0.15) is 5.82 Å². The maximum Gasteiger partial charge on any atom is 0.124 e. The molecule has 0 spiro atoms. The molecule has 1 aromatic carbocycles. The Balaban J connectivity index is 2.19. The fourth-order valence-electron chi connectivity index (χ4n) is 1.59. The lowest BCUT2D eigenvalue weighted by molar-refractivity contribution is 0.626. The smallest absolute Gasteiger partial charge is 0.124 e. The molecule has 0 saturated heterocycles. The van der Waals surface area contributed by atoms with Crippen molar-refractivity contribution in [3.05, 3.63) is 55.4 Å². The van der Waals surface area contributed by atoms with Crippen LogP contribution in [0.1, 0.15) is 16.5 Å². The zero-order valence-corrected chi connectivity index (χ0v) is 11.9. The molecule has 90 valence electrons. The summed E-state index contributed by atoms with van der Waals surface area (Å²) in [7, 11) is 0. The molecule has 2 rings (SSSR count). The minimum atomic E-state index is -0.329. The van der Waals surface area contributed by atoms with Crippen molar-refractivity contribution in [2.75, 3.05) is 0 Å². The highest BCUT2D eigenvalue weighted by Gasteiger charge is 2.14. The predicted octanol–water partition coefficient (Wildman–Crippen LogP) is 4.55. The highest BCUT2D eigenvalue weighted by atomic mass is 79.9. The van der Waals surface area contributed by atoms with Gasteiger partial charge in [0.05, 0.1) is 0 Å². The molecular weight excluding hydrogens is 325 g/mol. The van der Waals surface area contributed by atoms with E-state index in [4.69, 9.17) is 17.3 Å². The van der Waals surface area contributed by atoms with Gasteiger partial charge in [-0.25, -0.2) is 4.39 Å². The molecule has 0 fully saturated rings. The number of hydrogen-bond acceptors (Lipinski definition) is 2. The van der Waals surface area contributed by atoms with Crippen LogP contribution in [0.4, 0.5) is 4.39 Å². The van der Waals surface area contributed by atoms with E-state index in [2.05, 4.69) is 15.9 Å². The zero-order chi connectivity index (χ0) is 12.4. The average Bonchev–Trinajstić information content (AvgIpc) is 2.68. The van der Waals surface area contributed by atoms with E-state index < -0.39 is 0 Å². The van der Waals surface area contributed by atoms with Crippen LogP contribution in [0.25, 0.3) is 0 Å². The molecule has 0 radical (unpaired) electrons. The number of benzene rings is 1. The molecule has 0 aliphatic heterocycles. The molecular formula is C12H10BrClFNS. The Morgan fingerprint density at radius 2 is 2.18 bits per heavy atom. The topological polar surface area (TPSA) is 26.0 Å². The molecule has 0 bridgehead atoms. The number of nitrogens with two attached hydrogens (primary N) is 1. The molecule has 1 nitrogen and oxygen atoms in total. The van der Waals surface area contributed by atoms with E-state index in [0.717, 1.165) is 14.9 Å². The standard InChI is InChI=1S/C12H10BrClFNS/c13-9-3-4-17-12(9)11(16)5-7-1-2-8(15)6-10(7)14/h1-4,6,11H,5,16H2. The van der Waals surface area contributed by atoms with E-state index in [-0.39, 0.29) is 11.9 Å². The van der Waals surface area contributed by atoms with E-state index in [1.165, 1.54) is 12.1 Å². The predicted molar refractivity (Wildman–Crippen MR) is 74.1 cm³/mol. The SMILES string of the molecule is NC(Cc1ccc(F)cc1Cl)c1sccc1Br. The maximum atomic E-state index is 12.9. The lowest BCUT2D eigenvalue weighted by Crippen LogP contribution is -2.12. The zero-order valence-electron chi connectivity index (χ0n) is 8.79. The lowest BCUT2D eigenvalue weighted by Gasteiger charge is -2.12. The molecule has 0 amide bonds. The van der Waals surface area contributed by atoms with E-state index in [1.54, 1.807) is 17.4 Å². The normalized spacial score (nSPS) is 12.7. The van der Waals surface area contributed by atoms with Crippen LogP contribution in [0.15, 0.2) is 34.1 Å². The third-order valence-corrected chi connectivity index (χ3v) is 4.79. The van der Waals surface area contributed by atoms with Gasteiger partial charge in [-0.2, -0.15) is 0 Å². The van der Waals surface area contributed by atoms with Gasteiger partial charge in [-0.05, 0) is 51.5 Å². The summed E-state index contributed by atoms with van der Waals surface area (Å²) in [5.41, 5.74) is 6.97. The first-order valence-electron chi connectivity index (χ1n) is 5.00. The molecule has 2 N–H and O–H groups in total. The molecule has 17 heavy (non-hydrogen) atoms. The lowest BCUT2D eigenvalue weighted by atomic mass is 10.1. The summed E-state index contributed by atoms with van der Waals surface area (Å²) in [6.45, 7) is 0. The average molecular weight is 335 g/mol. The largest absolute Gasteiger partial charge is 0.323 e. The minimum Gasteiger partial charge on any atom is -0.323 e. The number of rotatable bonds is 3. The van der Waals surface area contributed by atoms with Crippen LogP contribution in [0.3, 0.4) is 0 Å². The van der Waals surface area contributed by atoms with Crippen molar-refractivity contribution in [1.82, 2.24) is 0 Å². The molecule has 2 aromatic rings. The highest BCUT2D eigenvalue weighted by Crippen LogP contribution is 2.31. The molecule has 1 unspecified atom stereocenters. The van der Waals surface area contributed by atoms with Gasteiger partial charge < -0.3 is 5.73 Å². The van der Waals surface area contributed by atoms with Gasteiger partial charge in [0.2, 0.25) is 0 Å². The van der Waals surface area contributed by atoms with Crippen LogP contribution in [0.2, 0.25) is 5.02 Å². The summed E-state index contributed by atoms with van der Waals surface area (Å²) in [6, 6.07) is 6.22. The molecule has 1 aromatic heterocycles. The van der Waals surface area contributed by atoms with Gasteiger partial charge in [-0.15, -0.1) is 11.3 Å². The van der Waals surface area contributed by atoms with Crippen LogP contribution in [-0.4, -0.2) is 0 Å². The van der Waals surface area contributed by atoms with E-state index in [9.17, 15) is 4.39 Å². The van der Waals surface area contributed by atoms with Crippen LogP contribution in [-0.2, 0) is 6.42 Å². The molecule has 1 atom stereocenters. The van der Waals surface area contributed by atoms with Crippen LogP contribution >= 0.6 is 38.9 Å². The summed E-state index contributed by atoms with van der Waals surface area (Å²) in [4.78, 5) is 1.07. The van der Waals surface area contributed by atoms with Crippen molar-refractivity contribution in [2.45, 2.75) is 12.5 Å². The van der Waals surface area contributed by atoms with Crippen molar-refractivity contribution in [3.63, 3.8) is 0 Å². The van der Waals surface area contributed by atoms with Crippen LogP contribution in [0.5, 0.6) is 0 Å². The first-order valence-corrected chi connectivity index (χ1v) is 7.05. The summed E-state index contributed by atoms with van der Waals surface area (Å²) in [5.74, 6) is -0.329. The van der Waals surface area contributed by atoms with Crippen molar-refractivity contribution >= 4 is 38.9 Å². The molecule has 0 aliphatic rings. The second kappa shape index (κ2) is 5.48. The fraction of sp³-hybridized carbons (Fsp3) is 0.167. The van der Waals surface area contributed by atoms with Crippen LogP contribution < -0.4 is 5.73 Å². The molecule has 5 heteroatoms. The fourth-order valence-corrected chi connectivity index (χ4v) is 3.50. The van der Waals surface area contributed by atoms with E-state index >= 15 is 0 Å². The third kappa shape index (κ3) is 3.07. The Kier molecular flexibility index (Phi) is 4.20. The van der Waals surface area contributed by atoms with Gasteiger partial charge in [0.15, 0.2) is 0 Å². The number of halogens is 3. The van der Waals surface area contributed by atoms with Gasteiger partial charge >= 0.3 is 0 Å². The van der Waals surface area contributed by atoms with Crippen LogP contribution in [0, 0.1) is 5.82 Å². The van der Waals surface area contributed by atoms with Crippen molar-refractivity contribution in [2.24, 2.45) is 5.73 Å². The monoisotopic (exact) mass is 333 g/mol. The number of hydrogen-bond donors (Lipinski definition) is 1. The quantitative estimate of drug-likeness (QED) is 0.876. The summed E-state index contributed by atoms with van der Waals surface area (Å²) < 4.78 is 13.9. The van der Waals surface area contributed by atoms with E-state index in [0.29, 0.717) is 11.4 Å². The Morgan fingerprint density at radius 3 is 2.76 bits per heavy atom. The number of thiophene rings is 1. The summed E-state index contributed by atoms with van der Waals surface area (Å²) in [5, 5.41) is 2.40. The molecule has 0 saturated carbocycles. The summed E-state index contributed by atoms with van der Waals surface area (Å²) >= 11 is 11.0. The van der Waals surface area contributed by atoms with Gasteiger partial charge in [0.25, 0.3) is 0 Å².